The number of carbonyl (C=O) groups excluding carboxylic acids is 1. The highest BCUT2D eigenvalue weighted by atomic mass is 19.1. The number of halogens is 1. The molecule has 0 saturated carbocycles. The summed E-state index contributed by atoms with van der Waals surface area (Å²) in [6.45, 7) is 7.55. The van der Waals surface area contributed by atoms with Crippen LogP contribution in [0.25, 0.3) is 0 Å². The highest BCUT2D eigenvalue weighted by Gasteiger charge is 2.20. The fourth-order valence-corrected chi connectivity index (χ4v) is 2.89. The maximum Gasteiger partial charge on any atom is 0.271 e. The third-order valence-electron chi connectivity index (χ3n) is 4.35. The van der Waals surface area contributed by atoms with E-state index in [2.05, 4.69) is 20.4 Å². The highest BCUT2D eigenvalue weighted by Crippen LogP contribution is 2.21. The summed E-state index contributed by atoms with van der Waals surface area (Å²) in [7, 11) is 0. The zero-order chi connectivity index (χ0) is 18.5. The molecule has 0 aliphatic carbocycles. The van der Waals surface area contributed by atoms with Crippen molar-refractivity contribution < 1.29 is 9.18 Å². The molecule has 138 valence electrons. The predicted octanol–water partition coefficient (Wildman–Crippen LogP) is 2.33. The molecule has 0 spiro atoms. The second kappa shape index (κ2) is 8.12. The Morgan fingerprint density at radius 1 is 1.08 bits per heavy atom. The Kier molecular flexibility index (Phi) is 5.65. The predicted molar refractivity (Wildman–Crippen MR) is 100 cm³/mol. The molecule has 6 nitrogen and oxygen atoms in total. The molecular weight excluding hydrogens is 333 g/mol. The summed E-state index contributed by atoms with van der Waals surface area (Å²) in [4.78, 5) is 16.1. The molecule has 7 heteroatoms. The molecule has 1 aliphatic heterocycles. The number of piperazine rings is 1. The van der Waals surface area contributed by atoms with E-state index in [-0.39, 0.29) is 11.7 Å². The van der Waals surface area contributed by atoms with Crippen molar-refractivity contribution >= 4 is 17.4 Å². The van der Waals surface area contributed by atoms with E-state index in [1.807, 2.05) is 30.9 Å². The number of amides is 1. The SMILES string of the molecule is CC(C)CNC(=O)c1ccc(N2CCN(c3ccccc3F)CC2)nn1. The third-order valence-corrected chi connectivity index (χ3v) is 4.35. The average molecular weight is 357 g/mol. The van der Waals surface area contributed by atoms with Crippen molar-refractivity contribution in [2.24, 2.45) is 5.92 Å². The lowest BCUT2D eigenvalue weighted by Crippen LogP contribution is -2.47. The number of benzene rings is 1. The lowest BCUT2D eigenvalue weighted by molar-refractivity contribution is 0.0943. The van der Waals surface area contributed by atoms with E-state index in [0.717, 1.165) is 18.9 Å². The molecule has 1 saturated heterocycles. The first-order valence-corrected chi connectivity index (χ1v) is 8.91. The minimum Gasteiger partial charge on any atom is -0.366 e. The van der Waals surface area contributed by atoms with Crippen LogP contribution in [0.5, 0.6) is 0 Å². The van der Waals surface area contributed by atoms with E-state index in [4.69, 9.17) is 0 Å². The topological polar surface area (TPSA) is 61.4 Å². The number of para-hydroxylation sites is 1. The Labute approximate surface area is 153 Å². The molecule has 1 amide bonds. The van der Waals surface area contributed by atoms with Gasteiger partial charge in [0.25, 0.3) is 5.91 Å². The second-order valence-electron chi connectivity index (χ2n) is 6.81. The van der Waals surface area contributed by atoms with E-state index in [9.17, 15) is 9.18 Å². The van der Waals surface area contributed by atoms with Crippen molar-refractivity contribution in [2.75, 3.05) is 42.5 Å². The van der Waals surface area contributed by atoms with Gasteiger partial charge in [-0.2, -0.15) is 0 Å². The minimum atomic E-state index is -0.206. The summed E-state index contributed by atoms with van der Waals surface area (Å²) in [6.07, 6.45) is 0. The van der Waals surface area contributed by atoms with Crippen LogP contribution in [0.2, 0.25) is 0 Å². The molecule has 3 rings (SSSR count). The first kappa shape index (κ1) is 18.1. The van der Waals surface area contributed by atoms with Crippen LogP contribution >= 0.6 is 0 Å². The quantitative estimate of drug-likeness (QED) is 0.890. The molecule has 26 heavy (non-hydrogen) atoms. The van der Waals surface area contributed by atoms with Gasteiger partial charge in [-0.25, -0.2) is 4.39 Å². The average Bonchev–Trinajstić information content (AvgIpc) is 2.67. The number of hydrogen-bond acceptors (Lipinski definition) is 5. The van der Waals surface area contributed by atoms with Crippen molar-refractivity contribution in [3.05, 3.63) is 47.9 Å². The molecular formula is C19H24FN5O. The molecule has 0 atom stereocenters. The fraction of sp³-hybridized carbons (Fsp3) is 0.421. The largest absolute Gasteiger partial charge is 0.366 e. The molecule has 0 unspecified atom stereocenters. The number of hydrogen-bond donors (Lipinski definition) is 1. The summed E-state index contributed by atoms with van der Waals surface area (Å²) in [5, 5.41) is 11.1. The van der Waals surface area contributed by atoms with Crippen LogP contribution in [0.3, 0.4) is 0 Å². The molecule has 0 bridgehead atoms. The summed E-state index contributed by atoms with van der Waals surface area (Å²) in [6, 6.07) is 10.3. The van der Waals surface area contributed by atoms with Gasteiger partial charge in [-0.1, -0.05) is 26.0 Å². The van der Waals surface area contributed by atoms with Gasteiger partial charge in [-0.05, 0) is 30.2 Å². The van der Waals surface area contributed by atoms with Gasteiger partial charge >= 0.3 is 0 Å². The number of anilines is 2. The van der Waals surface area contributed by atoms with E-state index in [0.29, 0.717) is 36.9 Å². The first-order chi connectivity index (χ1) is 12.5. The van der Waals surface area contributed by atoms with Crippen LogP contribution in [-0.2, 0) is 0 Å². The van der Waals surface area contributed by atoms with Gasteiger partial charge in [0.1, 0.15) is 5.82 Å². The molecule has 0 radical (unpaired) electrons. The summed E-state index contributed by atoms with van der Waals surface area (Å²) in [5.41, 5.74) is 0.954. The van der Waals surface area contributed by atoms with Gasteiger partial charge in [0, 0.05) is 32.7 Å². The van der Waals surface area contributed by atoms with Gasteiger partial charge in [0.2, 0.25) is 0 Å². The molecule has 1 aromatic carbocycles. The van der Waals surface area contributed by atoms with E-state index in [1.165, 1.54) is 6.07 Å². The van der Waals surface area contributed by atoms with E-state index < -0.39 is 0 Å². The van der Waals surface area contributed by atoms with Crippen LogP contribution in [0.1, 0.15) is 24.3 Å². The van der Waals surface area contributed by atoms with Crippen molar-refractivity contribution in [1.82, 2.24) is 15.5 Å². The molecule has 1 N–H and O–H groups in total. The van der Waals surface area contributed by atoms with Gasteiger partial charge in [0.15, 0.2) is 11.5 Å². The zero-order valence-corrected chi connectivity index (χ0v) is 15.2. The van der Waals surface area contributed by atoms with Gasteiger partial charge in [0.05, 0.1) is 5.69 Å². The van der Waals surface area contributed by atoms with Gasteiger partial charge in [-0.3, -0.25) is 4.79 Å². The Hall–Kier alpha value is -2.70. The number of carbonyl (C=O) groups is 1. The second-order valence-corrected chi connectivity index (χ2v) is 6.81. The van der Waals surface area contributed by atoms with Crippen molar-refractivity contribution in [3.63, 3.8) is 0 Å². The Morgan fingerprint density at radius 2 is 1.77 bits per heavy atom. The summed E-state index contributed by atoms with van der Waals surface area (Å²) in [5.74, 6) is 0.718. The minimum absolute atomic E-state index is 0.197. The van der Waals surface area contributed by atoms with Crippen molar-refractivity contribution in [3.8, 4) is 0 Å². The maximum atomic E-state index is 13.9. The molecule has 1 fully saturated rings. The lowest BCUT2D eigenvalue weighted by Gasteiger charge is -2.36. The molecule has 1 aromatic heterocycles. The first-order valence-electron chi connectivity index (χ1n) is 8.91. The fourth-order valence-electron chi connectivity index (χ4n) is 2.89. The van der Waals surface area contributed by atoms with Crippen LogP contribution in [0, 0.1) is 11.7 Å². The number of aromatic nitrogens is 2. The number of nitrogens with one attached hydrogen (secondary N) is 1. The highest BCUT2D eigenvalue weighted by molar-refractivity contribution is 5.92. The normalized spacial score (nSPS) is 14.6. The van der Waals surface area contributed by atoms with Gasteiger partial charge in [-0.15, -0.1) is 10.2 Å². The van der Waals surface area contributed by atoms with Crippen LogP contribution in [0.15, 0.2) is 36.4 Å². The lowest BCUT2D eigenvalue weighted by atomic mass is 10.2. The third kappa shape index (κ3) is 4.28. The Balaban J connectivity index is 1.58. The van der Waals surface area contributed by atoms with E-state index >= 15 is 0 Å². The van der Waals surface area contributed by atoms with Crippen LogP contribution in [0.4, 0.5) is 15.9 Å². The molecule has 2 heterocycles. The summed E-state index contributed by atoms with van der Waals surface area (Å²) < 4.78 is 13.9. The molecule has 1 aliphatic rings. The zero-order valence-electron chi connectivity index (χ0n) is 15.2. The Bertz CT molecular complexity index is 742. The maximum absolute atomic E-state index is 13.9. The monoisotopic (exact) mass is 357 g/mol. The Morgan fingerprint density at radius 3 is 2.38 bits per heavy atom. The molecule has 2 aromatic rings. The van der Waals surface area contributed by atoms with E-state index in [1.54, 1.807) is 18.2 Å². The number of rotatable bonds is 5. The number of nitrogens with zero attached hydrogens (tertiary/aromatic N) is 4. The smallest absolute Gasteiger partial charge is 0.271 e. The van der Waals surface area contributed by atoms with Crippen LogP contribution in [-0.4, -0.2) is 48.8 Å². The standard InChI is InChI=1S/C19H24FN5O/c1-14(2)13-21-19(26)16-7-8-18(23-22-16)25-11-9-24(10-12-25)17-6-4-3-5-15(17)20/h3-8,14H,9-13H2,1-2H3,(H,21,26). The van der Waals surface area contributed by atoms with Gasteiger partial charge < -0.3 is 15.1 Å². The van der Waals surface area contributed by atoms with Crippen molar-refractivity contribution in [2.45, 2.75) is 13.8 Å². The van der Waals surface area contributed by atoms with Crippen molar-refractivity contribution in [1.29, 1.82) is 0 Å². The summed E-state index contributed by atoms with van der Waals surface area (Å²) >= 11 is 0. The van der Waals surface area contributed by atoms with Crippen LogP contribution < -0.4 is 15.1 Å².